The van der Waals surface area contributed by atoms with Gasteiger partial charge in [-0.15, -0.1) is 0 Å². The Morgan fingerprint density at radius 3 is 1.48 bits per heavy atom. The summed E-state index contributed by atoms with van der Waals surface area (Å²) in [6.45, 7) is 12.1. The number of rotatable bonds is 4. The van der Waals surface area contributed by atoms with Gasteiger partial charge in [0.05, 0.1) is 19.9 Å². The smallest absolute Gasteiger partial charge is 0.324 e. The number of Topliss-reactive ketones (excluding diaryl/α,β-unsaturated/α-hetero) is 1. The topological polar surface area (TPSA) is 109 Å². The Bertz CT molecular complexity index is 1070. The summed E-state index contributed by atoms with van der Waals surface area (Å²) in [6, 6.07) is 25.9. The van der Waals surface area contributed by atoms with Crippen molar-refractivity contribution in [1.29, 1.82) is 0 Å². The molecule has 238 valence electrons. The molecule has 44 heavy (non-hydrogen) atoms. The summed E-state index contributed by atoms with van der Waals surface area (Å²) in [6.07, 6.45) is 5.27. The molecule has 7 nitrogen and oxygen atoms in total. The van der Waals surface area contributed by atoms with E-state index in [1.165, 1.54) is 36.5 Å². The van der Waals surface area contributed by atoms with E-state index in [9.17, 15) is 4.79 Å². The van der Waals surface area contributed by atoms with E-state index >= 15 is 0 Å². The fourth-order valence-electron chi connectivity index (χ4n) is 5.16. The van der Waals surface area contributed by atoms with Crippen molar-refractivity contribution >= 4 is 42.5 Å². The number of hydrogen-bond donors (Lipinski definition) is 5. The average Bonchev–Trinajstić information content (AvgIpc) is 3.75. The molecule has 0 saturated heterocycles. The van der Waals surface area contributed by atoms with Crippen molar-refractivity contribution in [1.82, 2.24) is 16.0 Å². The van der Waals surface area contributed by atoms with Crippen LogP contribution in [-0.4, -0.2) is 72.3 Å². The molecule has 6 N–H and O–H groups in total. The van der Waals surface area contributed by atoms with Gasteiger partial charge in [-0.25, -0.2) is 0 Å². The maximum atomic E-state index is 9.98. The van der Waals surface area contributed by atoms with Crippen LogP contribution in [-0.2, 0) is 28.9 Å². The van der Waals surface area contributed by atoms with Crippen molar-refractivity contribution in [3.63, 3.8) is 0 Å². The Labute approximate surface area is 268 Å². The fraction of sp³-hybridized carbons (Fsp3) is 0.441. The molecule has 3 heterocycles. The van der Waals surface area contributed by atoms with Gasteiger partial charge in [-0.3, -0.25) is 10.1 Å². The molecular weight excluding hydrogens is 545 g/mol. The van der Waals surface area contributed by atoms with E-state index in [-0.39, 0.29) is 12.5 Å². The zero-order chi connectivity index (χ0) is 32.7. The minimum Gasteiger partial charge on any atom is -0.427 e. The lowest BCUT2D eigenvalue weighted by molar-refractivity contribution is -0.116. The van der Waals surface area contributed by atoms with Crippen LogP contribution in [0.3, 0.4) is 0 Å². The van der Waals surface area contributed by atoms with E-state index < -0.39 is 0 Å². The van der Waals surface area contributed by atoms with E-state index in [0.717, 1.165) is 20.0 Å². The Morgan fingerprint density at radius 1 is 0.750 bits per heavy atom. The number of nitrogens with one attached hydrogen (secondary N) is 3. The van der Waals surface area contributed by atoms with Crippen molar-refractivity contribution in [2.45, 2.75) is 59.5 Å². The second kappa shape index (κ2) is 23.6. The third-order valence-electron chi connectivity index (χ3n) is 7.64. The number of benzene rings is 3. The number of hydrogen-bond acceptors (Lipinski definition) is 7. The number of aliphatic hydroxyl groups excluding tert-OH is 1. The monoisotopic (exact) mass is 600 g/mol. The lowest BCUT2D eigenvalue weighted by Gasteiger charge is -1.98. The Kier molecular flexibility index (Phi) is 21.1. The molecule has 3 aromatic carbocycles. The first-order chi connectivity index (χ1) is 21.2. The van der Waals surface area contributed by atoms with Gasteiger partial charge in [-0.05, 0) is 51.9 Å². The van der Waals surface area contributed by atoms with Crippen molar-refractivity contribution < 1.29 is 14.6 Å². The molecule has 3 aliphatic heterocycles. The van der Waals surface area contributed by atoms with Crippen molar-refractivity contribution in [3.05, 3.63) is 89.5 Å². The highest BCUT2D eigenvalue weighted by atomic mass is 16.4. The van der Waals surface area contributed by atoms with Gasteiger partial charge >= 0.3 is 6.92 Å². The highest BCUT2D eigenvalue weighted by molar-refractivity contribution is 6.74. The molecule has 0 aliphatic carbocycles. The number of likely N-dealkylation sites (N-methyl/N-ethyl adjacent to an activating group) is 1. The van der Waals surface area contributed by atoms with Crippen LogP contribution in [0.1, 0.15) is 23.6 Å². The van der Waals surface area contributed by atoms with Gasteiger partial charge in [0.2, 0.25) is 0 Å². The normalized spacial score (nSPS) is 13.1. The fourth-order valence-corrected chi connectivity index (χ4v) is 5.16. The second-order valence-corrected chi connectivity index (χ2v) is 11.2. The molecule has 0 bridgehead atoms. The summed E-state index contributed by atoms with van der Waals surface area (Å²) in [4.78, 5) is 9.98. The van der Waals surface area contributed by atoms with Crippen molar-refractivity contribution in [2.75, 3.05) is 41.1 Å². The van der Waals surface area contributed by atoms with Gasteiger partial charge in [0, 0.05) is 6.67 Å². The maximum Gasteiger partial charge on any atom is 0.324 e. The maximum absolute atomic E-state index is 9.98. The van der Waals surface area contributed by atoms with Crippen LogP contribution in [0, 0.1) is 0 Å². The molecule has 3 aromatic rings. The minimum absolute atomic E-state index is 0.0694. The van der Waals surface area contributed by atoms with Crippen LogP contribution in [0.15, 0.2) is 72.8 Å². The van der Waals surface area contributed by atoms with Crippen LogP contribution >= 0.6 is 0 Å². The standard InChI is InChI=1S/2C9H11B.C8H9BO.C4H9NO.C2H8N2.C2H7NO/c2*1-10-7-6-8-4-2-3-5-9(8)10;1-9-8-5-3-2-4-7(8)6-10-9;1-4(6)3-5-2;1-4-2-3;1-3-2-4/h2*2-5H,6-7H2,1H3;2-5H,6H2,1H3;5H,3H2,1-2H3;4H,2-3H2,1H3;3-4H,2H2,1H3. The zero-order valence-electron chi connectivity index (χ0n) is 28.2. The number of aliphatic hydroxyl groups is 1. The molecule has 0 radical (unpaired) electrons. The summed E-state index contributed by atoms with van der Waals surface area (Å²) in [5.74, 6) is 0.178. The predicted octanol–water partition coefficient (Wildman–Crippen LogP) is 2.27. The summed E-state index contributed by atoms with van der Waals surface area (Å²) < 4.78 is 5.42. The van der Waals surface area contributed by atoms with Crippen LogP contribution in [0.5, 0.6) is 0 Å². The summed E-state index contributed by atoms with van der Waals surface area (Å²) >= 11 is 0. The first-order valence-electron chi connectivity index (χ1n) is 15.8. The summed E-state index contributed by atoms with van der Waals surface area (Å²) in [5, 5.41) is 15.7. The van der Waals surface area contributed by atoms with E-state index in [4.69, 9.17) is 15.5 Å². The Balaban J connectivity index is 0.000000275. The third kappa shape index (κ3) is 14.8. The zero-order valence-corrected chi connectivity index (χ0v) is 28.2. The molecule has 0 spiro atoms. The number of fused-ring (bicyclic) bond motifs is 3. The average molecular weight is 600 g/mol. The van der Waals surface area contributed by atoms with Crippen LogP contribution in [0.4, 0.5) is 0 Å². The summed E-state index contributed by atoms with van der Waals surface area (Å²) in [5.41, 5.74) is 13.9. The van der Waals surface area contributed by atoms with Crippen LogP contribution in [0.25, 0.3) is 0 Å². The van der Waals surface area contributed by atoms with Gasteiger partial charge in [0.1, 0.15) is 5.78 Å². The first kappa shape index (κ1) is 39.3. The largest absolute Gasteiger partial charge is 0.427 e. The minimum atomic E-state index is 0.0694. The van der Waals surface area contributed by atoms with E-state index in [2.05, 4.69) is 109 Å². The molecule has 6 rings (SSSR count). The van der Waals surface area contributed by atoms with E-state index in [0.29, 0.717) is 20.1 Å². The molecule has 0 fully saturated rings. The number of ketones is 1. The molecule has 0 aromatic heterocycles. The Morgan fingerprint density at radius 2 is 1.16 bits per heavy atom. The SMILES string of the molecule is CB1CCc2ccccc21.CB1CCc2ccccc21.CB1OCc2ccccc21.CNCC(C)=O.CNCN.CNCO. The molecule has 0 atom stereocenters. The number of aryl methyl sites for hydroxylation is 2. The first-order valence-corrected chi connectivity index (χ1v) is 15.8. The lowest BCUT2D eigenvalue weighted by Crippen LogP contribution is -2.23. The number of carbonyl (C=O) groups excluding carboxylic acids is 1. The molecule has 0 unspecified atom stereocenters. The van der Waals surface area contributed by atoms with Crippen molar-refractivity contribution in [3.8, 4) is 0 Å². The van der Waals surface area contributed by atoms with Gasteiger partial charge in [0.25, 0.3) is 0 Å². The molecule has 0 saturated carbocycles. The van der Waals surface area contributed by atoms with Gasteiger partial charge in [-0.2, -0.15) is 0 Å². The molecule has 3 aliphatic rings. The van der Waals surface area contributed by atoms with E-state index in [1.807, 2.05) is 0 Å². The van der Waals surface area contributed by atoms with Gasteiger partial charge in [0.15, 0.2) is 13.4 Å². The molecule has 10 heteroatoms. The highest BCUT2D eigenvalue weighted by Crippen LogP contribution is 2.14. The lowest BCUT2D eigenvalue weighted by atomic mass is 9.48. The quantitative estimate of drug-likeness (QED) is 0.231. The number of carbonyl (C=O) groups is 1. The number of nitrogens with two attached hydrogens (primary N) is 1. The van der Waals surface area contributed by atoms with E-state index in [1.54, 1.807) is 50.1 Å². The molecule has 0 amide bonds. The Hall–Kier alpha value is -2.72. The second-order valence-electron chi connectivity index (χ2n) is 11.2. The van der Waals surface area contributed by atoms with Crippen LogP contribution in [0.2, 0.25) is 33.1 Å². The third-order valence-corrected chi connectivity index (χ3v) is 7.64. The van der Waals surface area contributed by atoms with Crippen molar-refractivity contribution in [2.24, 2.45) is 5.73 Å². The van der Waals surface area contributed by atoms with Gasteiger partial charge < -0.3 is 26.1 Å². The van der Waals surface area contributed by atoms with Crippen LogP contribution < -0.4 is 38.1 Å². The highest BCUT2D eigenvalue weighted by Gasteiger charge is 2.22. The molecular formula is C34H55B3N4O3. The van der Waals surface area contributed by atoms with Gasteiger partial charge in [-0.1, -0.05) is 128 Å². The predicted molar refractivity (Wildman–Crippen MR) is 194 cm³/mol. The summed E-state index contributed by atoms with van der Waals surface area (Å²) in [7, 11) is 5.24.